The van der Waals surface area contributed by atoms with Crippen LogP contribution in [0.3, 0.4) is 0 Å². The molecule has 0 aromatic carbocycles. The fourth-order valence-corrected chi connectivity index (χ4v) is 1.84. The molecule has 2 heterocycles. The third-order valence-electron chi connectivity index (χ3n) is 2.57. The van der Waals surface area contributed by atoms with Gasteiger partial charge in [0.1, 0.15) is 6.26 Å². The predicted octanol–water partition coefficient (Wildman–Crippen LogP) is 2.05. The largest absolute Gasteiger partial charge is 0.451 e. The lowest BCUT2D eigenvalue weighted by Gasteiger charge is -2.17. The number of nitrogens with zero attached hydrogens (tertiary/aromatic N) is 2. The molecule has 72 valence electrons. The van der Waals surface area contributed by atoms with E-state index in [0.717, 1.165) is 12.2 Å². The van der Waals surface area contributed by atoms with Crippen molar-refractivity contribution in [3.05, 3.63) is 18.4 Å². The molecule has 1 aromatic heterocycles. The Morgan fingerprint density at radius 3 is 2.62 bits per heavy atom. The van der Waals surface area contributed by atoms with E-state index in [4.69, 9.17) is 4.42 Å². The van der Waals surface area contributed by atoms with E-state index in [-0.39, 0.29) is 0 Å². The molecule has 0 bridgehead atoms. The molecule has 1 aliphatic heterocycles. The lowest BCUT2D eigenvalue weighted by Crippen LogP contribution is -2.24. The number of hydrogen-bond donors (Lipinski definition) is 0. The number of rotatable bonds is 2. The number of oxazole rings is 1. The quantitative estimate of drug-likeness (QED) is 0.697. The fourth-order valence-electron chi connectivity index (χ4n) is 1.84. The SMILES string of the molecule is c1nc(CN2CCCCCC2)co1. The summed E-state index contributed by atoms with van der Waals surface area (Å²) in [6.07, 6.45) is 8.68. The van der Waals surface area contributed by atoms with E-state index < -0.39 is 0 Å². The molecule has 0 amide bonds. The van der Waals surface area contributed by atoms with Crippen molar-refractivity contribution >= 4 is 0 Å². The van der Waals surface area contributed by atoms with Gasteiger partial charge in [-0.1, -0.05) is 12.8 Å². The summed E-state index contributed by atoms with van der Waals surface area (Å²) in [4.78, 5) is 6.60. The number of hydrogen-bond acceptors (Lipinski definition) is 3. The average Bonchev–Trinajstić information content (AvgIpc) is 2.49. The zero-order valence-corrected chi connectivity index (χ0v) is 7.91. The van der Waals surface area contributed by atoms with Crippen molar-refractivity contribution in [2.75, 3.05) is 13.1 Å². The Balaban J connectivity index is 1.86. The molecule has 0 radical (unpaired) electrons. The van der Waals surface area contributed by atoms with E-state index in [2.05, 4.69) is 9.88 Å². The van der Waals surface area contributed by atoms with Crippen LogP contribution in [-0.4, -0.2) is 23.0 Å². The summed E-state index contributed by atoms with van der Waals surface area (Å²) in [5, 5.41) is 0. The van der Waals surface area contributed by atoms with Crippen LogP contribution in [0.25, 0.3) is 0 Å². The molecular weight excluding hydrogens is 164 g/mol. The minimum absolute atomic E-state index is 0.955. The summed E-state index contributed by atoms with van der Waals surface area (Å²) in [5.41, 5.74) is 1.06. The molecule has 3 nitrogen and oxygen atoms in total. The Hall–Kier alpha value is -0.830. The number of likely N-dealkylation sites (tertiary alicyclic amines) is 1. The lowest BCUT2D eigenvalue weighted by atomic mass is 10.2. The first-order valence-electron chi connectivity index (χ1n) is 5.04. The van der Waals surface area contributed by atoms with Gasteiger partial charge in [0.05, 0.1) is 5.69 Å². The maximum atomic E-state index is 4.95. The average molecular weight is 180 g/mol. The van der Waals surface area contributed by atoms with Crippen molar-refractivity contribution in [1.29, 1.82) is 0 Å². The number of aromatic nitrogens is 1. The van der Waals surface area contributed by atoms with E-state index in [9.17, 15) is 0 Å². The Morgan fingerprint density at radius 2 is 2.00 bits per heavy atom. The molecule has 0 unspecified atom stereocenters. The highest BCUT2D eigenvalue weighted by Crippen LogP contribution is 2.11. The topological polar surface area (TPSA) is 29.3 Å². The van der Waals surface area contributed by atoms with Gasteiger partial charge in [0, 0.05) is 6.54 Å². The maximum absolute atomic E-state index is 4.95. The highest BCUT2D eigenvalue weighted by molar-refractivity contribution is 4.90. The maximum Gasteiger partial charge on any atom is 0.180 e. The first kappa shape index (κ1) is 8.75. The molecule has 0 aliphatic carbocycles. The van der Waals surface area contributed by atoms with E-state index >= 15 is 0 Å². The zero-order chi connectivity index (χ0) is 8.93. The monoisotopic (exact) mass is 180 g/mol. The Bertz CT molecular complexity index is 225. The van der Waals surface area contributed by atoms with Crippen LogP contribution in [0.5, 0.6) is 0 Å². The molecule has 3 heteroatoms. The van der Waals surface area contributed by atoms with Crippen LogP contribution in [0, 0.1) is 0 Å². The second-order valence-corrected chi connectivity index (χ2v) is 3.67. The standard InChI is InChI=1S/C10H16N2O/c1-2-4-6-12(5-3-1)7-10-8-13-9-11-10/h8-9H,1-7H2. The van der Waals surface area contributed by atoms with Crippen LogP contribution in [0.4, 0.5) is 0 Å². The second kappa shape index (κ2) is 4.42. The molecule has 0 N–H and O–H groups in total. The molecule has 0 spiro atoms. The molecule has 13 heavy (non-hydrogen) atoms. The Labute approximate surface area is 78.8 Å². The summed E-state index contributed by atoms with van der Waals surface area (Å²) in [7, 11) is 0. The van der Waals surface area contributed by atoms with Gasteiger partial charge in [0.15, 0.2) is 6.39 Å². The van der Waals surface area contributed by atoms with Crippen LogP contribution in [0.2, 0.25) is 0 Å². The zero-order valence-electron chi connectivity index (χ0n) is 7.91. The third kappa shape index (κ3) is 2.56. The van der Waals surface area contributed by atoms with Crippen molar-refractivity contribution in [2.24, 2.45) is 0 Å². The molecule has 0 atom stereocenters. The van der Waals surface area contributed by atoms with Crippen molar-refractivity contribution in [3.8, 4) is 0 Å². The molecule has 2 rings (SSSR count). The lowest BCUT2D eigenvalue weighted by molar-refractivity contribution is 0.273. The molecule has 1 aromatic rings. The van der Waals surface area contributed by atoms with Crippen molar-refractivity contribution < 1.29 is 4.42 Å². The molecule has 1 saturated heterocycles. The first-order valence-corrected chi connectivity index (χ1v) is 5.04. The van der Waals surface area contributed by atoms with Crippen molar-refractivity contribution in [3.63, 3.8) is 0 Å². The van der Waals surface area contributed by atoms with Crippen molar-refractivity contribution in [2.45, 2.75) is 32.2 Å². The van der Waals surface area contributed by atoms with Crippen LogP contribution in [0.15, 0.2) is 17.1 Å². The summed E-state index contributed by atoms with van der Waals surface area (Å²) in [5.74, 6) is 0. The van der Waals surface area contributed by atoms with Gasteiger partial charge in [-0.3, -0.25) is 4.90 Å². The van der Waals surface area contributed by atoms with Gasteiger partial charge in [-0.2, -0.15) is 0 Å². The van der Waals surface area contributed by atoms with Gasteiger partial charge in [0.25, 0.3) is 0 Å². The minimum atomic E-state index is 0.955. The van der Waals surface area contributed by atoms with Crippen LogP contribution in [-0.2, 0) is 6.54 Å². The molecular formula is C10H16N2O. The van der Waals surface area contributed by atoms with Crippen LogP contribution < -0.4 is 0 Å². The van der Waals surface area contributed by atoms with Crippen LogP contribution >= 0.6 is 0 Å². The summed E-state index contributed by atoms with van der Waals surface area (Å²) in [6.45, 7) is 3.39. The first-order chi connectivity index (χ1) is 6.45. The summed E-state index contributed by atoms with van der Waals surface area (Å²) < 4.78 is 4.95. The molecule has 1 aliphatic rings. The van der Waals surface area contributed by atoms with Gasteiger partial charge in [-0.05, 0) is 25.9 Å². The molecule has 1 fully saturated rings. The molecule has 0 saturated carbocycles. The highest BCUT2D eigenvalue weighted by Gasteiger charge is 2.10. The van der Waals surface area contributed by atoms with Crippen LogP contribution in [0.1, 0.15) is 31.4 Å². The predicted molar refractivity (Wildman–Crippen MR) is 50.2 cm³/mol. The fraction of sp³-hybridized carbons (Fsp3) is 0.700. The van der Waals surface area contributed by atoms with E-state index in [1.807, 2.05) is 0 Å². The van der Waals surface area contributed by atoms with Gasteiger partial charge in [-0.25, -0.2) is 4.98 Å². The highest BCUT2D eigenvalue weighted by atomic mass is 16.3. The van der Waals surface area contributed by atoms with Gasteiger partial charge < -0.3 is 4.42 Å². The smallest absolute Gasteiger partial charge is 0.180 e. The normalized spacial score (nSPS) is 20.0. The van der Waals surface area contributed by atoms with E-state index in [1.54, 1.807) is 6.26 Å². The minimum Gasteiger partial charge on any atom is -0.451 e. The third-order valence-corrected chi connectivity index (χ3v) is 2.57. The second-order valence-electron chi connectivity index (χ2n) is 3.67. The summed E-state index contributed by atoms with van der Waals surface area (Å²) >= 11 is 0. The summed E-state index contributed by atoms with van der Waals surface area (Å²) in [6, 6.07) is 0. The van der Waals surface area contributed by atoms with Crippen molar-refractivity contribution in [1.82, 2.24) is 9.88 Å². The van der Waals surface area contributed by atoms with E-state index in [0.29, 0.717) is 0 Å². The van der Waals surface area contributed by atoms with Gasteiger partial charge in [0.2, 0.25) is 0 Å². The Kier molecular flexibility index (Phi) is 2.98. The van der Waals surface area contributed by atoms with E-state index in [1.165, 1.54) is 45.2 Å². The van der Waals surface area contributed by atoms with Gasteiger partial charge >= 0.3 is 0 Å². The Morgan fingerprint density at radius 1 is 1.23 bits per heavy atom. The van der Waals surface area contributed by atoms with Gasteiger partial charge in [-0.15, -0.1) is 0 Å².